The molecule has 1 atom stereocenters. The van der Waals surface area contributed by atoms with Gasteiger partial charge < -0.3 is 0 Å². The van der Waals surface area contributed by atoms with Crippen LogP contribution in [0.2, 0.25) is 0 Å². The second-order valence-electron chi connectivity index (χ2n) is 12.9. The topological polar surface area (TPSA) is 58.4 Å². The van der Waals surface area contributed by atoms with E-state index in [2.05, 4.69) is 9.98 Å². The highest BCUT2D eigenvalue weighted by Gasteiger charge is 2.41. The molecule has 0 bridgehead atoms. The van der Waals surface area contributed by atoms with Gasteiger partial charge in [-0.05, 0) is 56.0 Å². The van der Waals surface area contributed by atoms with Crippen molar-refractivity contribution in [3.8, 4) is 11.1 Å². The van der Waals surface area contributed by atoms with Gasteiger partial charge in [-0.15, -0.1) is 0 Å². The van der Waals surface area contributed by atoms with Crippen molar-refractivity contribution < 1.29 is 52.1 Å². The number of nitrogens with zero attached hydrogens (tertiary/aromatic N) is 4. The van der Waals surface area contributed by atoms with Gasteiger partial charge in [0.2, 0.25) is 5.96 Å². The van der Waals surface area contributed by atoms with Crippen LogP contribution in [0.4, 0.5) is 0 Å². The molecule has 11 aromatic rings. The number of benzene rings is 9. The summed E-state index contributed by atoms with van der Waals surface area (Å²) >= 11 is 0. The first-order valence-electron chi connectivity index (χ1n) is 37.1. The second-order valence-corrected chi connectivity index (χ2v) is 16.5. The number of aliphatic imine (C=N–C) groups is 2. The Morgan fingerprint density at radius 1 is 0.444 bits per heavy atom. The minimum Gasteiger partial charge on any atom is -0.300 e. The lowest BCUT2D eigenvalue weighted by Gasteiger charge is -2.35. The molecular weight excluding hydrogens is 783 g/mol. The molecule has 0 aliphatic heterocycles. The third kappa shape index (κ3) is 6.52. The first-order chi connectivity index (χ1) is 47.0. The van der Waals surface area contributed by atoms with Crippen molar-refractivity contribution in [3.63, 3.8) is 0 Å². The molecule has 1 N–H and O–H groups in total. The average Bonchev–Trinajstić information content (AvgIpc) is 1.31. The molecular formula is C57H41N5Si. The molecule has 2 heterocycles. The number of hydrogen-bond acceptors (Lipinski definition) is 1. The SMILES string of the molecule is [2H]c1cc([Si](c2c([2H])c([2H])c([2H])c([2H])c2[2H])(c2c([2H])c([2H])c([2H])c(C(=N)N=C(/N=C/n3c4c([2H])c([2H])c([2H])c([2H])c4c4c([2H])c([2H])c([2H])c([2H])c43)n3c4c([2H])c([2H])c([2H])c([2H])c4c4c([2H])c([2H])c([2H])c([2H])c43)c2[2H])c2c([2H])c([2H])c([2H])c(-c3c([2H])c([2H])c([2H])c([2H])c3[2H])c2[2H])c([2H])c([2H])c1[2H]. The summed E-state index contributed by atoms with van der Waals surface area (Å²) in [4.78, 5) is 8.77. The fourth-order valence-electron chi connectivity index (χ4n) is 6.96. The molecule has 0 radical (unpaired) electrons. The Hall–Kier alpha value is -8.19. The van der Waals surface area contributed by atoms with Gasteiger partial charge >= 0.3 is 0 Å². The summed E-state index contributed by atoms with van der Waals surface area (Å²) in [6.07, 6.45) is 0.552. The van der Waals surface area contributed by atoms with Gasteiger partial charge in [0.05, 0.1) is 74.2 Å². The van der Waals surface area contributed by atoms with E-state index in [1.165, 1.54) is 0 Å². The van der Waals surface area contributed by atoms with E-state index in [4.69, 9.17) is 34.3 Å². The van der Waals surface area contributed by atoms with E-state index in [0.29, 0.717) is 21.5 Å². The summed E-state index contributed by atoms with van der Waals surface area (Å²) in [5, 5.41) is 2.60. The number of hydrogen-bond donors (Lipinski definition) is 1. The summed E-state index contributed by atoms with van der Waals surface area (Å²) in [7, 11) is -6.66. The molecule has 0 aliphatic carbocycles. The number of nitrogens with one attached hydrogen (secondary N) is 1. The van der Waals surface area contributed by atoms with Gasteiger partial charge in [0, 0.05) is 27.1 Å². The smallest absolute Gasteiger partial charge is 0.238 e. The van der Waals surface area contributed by atoms with Crippen molar-refractivity contribution in [1.29, 1.82) is 5.41 Å². The molecule has 6 heteroatoms. The molecule has 298 valence electrons. The van der Waals surface area contributed by atoms with Crippen molar-refractivity contribution >= 4 is 90.6 Å². The Morgan fingerprint density at radius 3 is 1.54 bits per heavy atom. The second kappa shape index (κ2) is 16.0. The van der Waals surface area contributed by atoms with Crippen LogP contribution in [-0.4, -0.2) is 35.3 Å². The fourth-order valence-corrected chi connectivity index (χ4v) is 10.7. The molecule has 5 nitrogen and oxygen atoms in total. The third-order valence-electron chi connectivity index (χ3n) is 9.61. The summed E-state index contributed by atoms with van der Waals surface area (Å²) in [6, 6.07) is -43.2. The summed E-state index contributed by atoms with van der Waals surface area (Å²) in [5.74, 6) is -2.92. The first-order valence-corrected chi connectivity index (χ1v) is 20.1. The van der Waals surface area contributed by atoms with E-state index in [1.54, 1.807) is 0 Å². The Bertz CT molecular complexity index is 5590. The average molecular weight is 862 g/mol. The van der Waals surface area contributed by atoms with Crippen molar-refractivity contribution in [3.05, 3.63) is 241 Å². The third-order valence-corrected chi connectivity index (χ3v) is 13.7. The van der Waals surface area contributed by atoms with Crippen molar-refractivity contribution in [1.82, 2.24) is 9.13 Å². The van der Waals surface area contributed by atoms with Crippen molar-refractivity contribution in [2.24, 2.45) is 9.98 Å². The quantitative estimate of drug-likeness (QED) is 0.0718. The normalized spacial score (nSPS) is 21.4. The fraction of sp³-hybridized carbons (Fsp3) is 0. The lowest BCUT2D eigenvalue weighted by Crippen LogP contribution is -2.74. The maximum atomic E-state index is 10.5. The minimum atomic E-state index is -6.66. The van der Waals surface area contributed by atoms with E-state index in [1.807, 2.05) is 0 Å². The Balaban J connectivity index is 1.41. The van der Waals surface area contributed by atoms with Crippen molar-refractivity contribution in [2.75, 3.05) is 0 Å². The number of rotatable bonds is 7. The van der Waals surface area contributed by atoms with Crippen LogP contribution in [-0.2, 0) is 0 Å². The highest BCUT2D eigenvalue weighted by atomic mass is 28.3. The number of fused-ring (bicyclic) bond motifs is 6. The lowest BCUT2D eigenvalue weighted by molar-refractivity contribution is 1.21. The van der Waals surface area contributed by atoms with Gasteiger partial charge in [0.25, 0.3) is 0 Å². The predicted octanol–water partition coefficient (Wildman–Crippen LogP) is 10.8. The molecule has 63 heavy (non-hydrogen) atoms. The molecule has 1 unspecified atom stereocenters. The molecule has 0 amide bonds. The zero-order valence-corrected chi connectivity index (χ0v) is 32.4. The van der Waals surface area contributed by atoms with Crippen LogP contribution in [0.25, 0.3) is 54.7 Å². The van der Waals surface area contributed by atoms with E-state index in [-0.39, 0.29) is 0 Å². The Morgan fingerprint density at radius 2 is 0.905 bits per heavy atom. The first kappa shape index (κ1) is 15.0. The molecule has 11 rings (SSSR count). The van der Waals surface area contributed by atoms with Crippen LogP contribution in [0.1, 0.15) is 57.7 Å². The van der Waals surface area contributed by atoms with Gasteiger partial charge in [0.1, 0.15) is 6.34 Å². The van der Waals surface area contributed by atoms with Crippen LogP contribution >= 0.6 is 0 Å². The van der Waals surface area contributed by atoms with E-state index < -0.39 is 331 Å². The van der Waals surface area contributed by atoms with E-state index in [0.717, 1.165) is 0 Å². The highest BCUT2D eigenvalue weighted by Crippen LogP contribution is 2.30. The van der Waals surface area contributed by atoms with E-state index >= 15 is 0 Å². The number of aromatic nitrogens is 2. The van der Waals surface area contributed by atoms with Crippen LogP contribution < -0.4 is 20.7 Å². The van der Waals surface area contributed by atoms with E-state index in [9.17, 15) is 23.2 Å². The van der Waals surface area contributed by atoms with Crippen LogP contribution in [0.15, 0.2) is 246 Å². The largest absolute Gasteiger partial charge is 0.300 e. The van der Waals surface area contributed by atoms with Crippen LogP contribution in [0.3, 0.4) is 0 Å². The predicted molar refractivity (Wildman–Crippen MR) is 268 cm³/mol. The zero-order valence-electron chi connectivity index (χ0n) is 69.4. The molecule has 0 saturated heterocycles. The number of amidine groups is 1. The van der Waals surface area contributed by atoms with Crippen LogP contribution in [0, 0.1) is 5.41 Å². The monoisotopic (exact) mass is 862 g/mol. The molecule has 9 aromatic carbocycles. The lowest BCUT2D eigenvalue weighted by atomic mass is 10.1. The minimum absolute atomic E-state index is 0.516. The van der Waals surface area contributed by atoms with Gasteiger partial charge in [0.15, 0.2) is 13.9 Å². The van der Waals surface area contributed by atoms with Crippen LogP contribution in [0.5, 0.6) is 0 Å². The summed E-state index contributed by atoms with van der Waals surface area (Å²) in [6.45, 7) is 0. The Labute approximate surface area is 420 Å². The number of para-hydroxylation sites is 4. The highest BCUT2D eigenvalue weighted by molar-refractivity contribution is 7.20. The standard InChI is InChI=1S/C57H41N5Si/c58-56(43-23-19-29-47(39-43)63(44-24-6-2-7-25-44,45-26-8-3-9-27-45)46-28-18-22-42(38-46)41-20-4-1-5-21-41)60-57(62-54-36-16-12-32-50(54)51-33-13-17-37-55(51)62)59-40-61-52-34-14-10-30-48(52)49-31-11-15-35-53(49)61/h1-40,58H/b58-56?,59-40+,60-57?/i1D,2D,3D,4D,5D,6D,7D,8D,9D,10D,11D,12D,13D,14D,15D,16D,17D,18D,19D,20D,21D,22D,23D,24D,25D,26D,28D,29D,30D,31D,32D,33D,34D,35D,36D,37D,38D,39D. The molecule has 0 spiro atoms. The van der Waals surface area contributed by atoms with Gasteiger partial charge in [-0.25, -0.2) is 4.99 Å². The van der Waals surface area contributed by atoms with Crippen molar-refractivity contribution in [2.45, 2.75) is 0 Å². The summed E-state index contributed by atoms with van der Waals surface area (Å²) < 4.78 is 349. The summed E-state index contributed by atoms with van der Waals surface area (Å²) in [5.41, 5.74) is -6.56. The zero-order chi connectivity index (χ0) is 75.2. The molecule has 0 saturated carbocycles. The molecule has 2 aromatic heterocycles. The van der Waals surface area contributed by atoms with Gasteiger partial charge in [-0.2, -0.15) is 4.99 Å². The molecule has 0 fully saturated rings. The maximum Gasteiger partial charge on any atom is 0.238 e. The van der Waals surface area contributed by atoms with Gasteiger partial charge in [-0.1, -0.05) is 212 Å². The van der Waals surface area contributed by atoms with Gasteiger partial charge in [-0.3, -0.25) is 14.5 Å². The maximum absolute atomic E-state index is 10.5. The Kier molecular flexibility index (Phi) is 3.82. The molecule has 0 aliphatic rings.